The molecule has 2 N–H and O–H groups in total. The predicted octanol–water partition coefficient (Wildman–Crippen LogP) is 3.53. The van der Waals surface area contributed by atoms with Crippen LogP contribution in [0.4, 0.5) is 4.39 Å². The Morgan fingerprint density at radius 1 is 1.24 bits per heavy atom. The third kappa shape index (κ3) is 5.29. The highest BCUT2D eigenvalue weighted by Gasteiger charge is 2.14. The first-order chi connectivity index (χ1) is 12.1. The second kappa shape index (κ2) is 9.18. The smallest absolute Gasteiger partial charge is 0.220 e. The van der Waals surface area contributed by atoms with Crippen molar-refractivity contribution in [3.63, 3.8) is 0 Å². The second-order valence-corrected chi connectivity index (χ2v) is 5.94. The molecule has 1 atom stereocenters. The molecule has 0 aliphatic heterocycles. The Morgan fingerprint density at radius 2 is 1.96 bits per heavy atom. The number of hydrogen-bond donors (Lipinski definition) is 2. The molecule has 0 aromatic heterocycles. The van der Waals surface area contributed by atoms with E-state index in [1.54, 1.807) is 19.2 Å². The molecule has 0 heterocycles. The highest BCUT2D eigenvalue weighted by molar-refractivity contribution is 5.76. The second-order valence-electron chi connectivity index (χ2n) is 5.94. The van der Waals surface area contributed by atoms with Gasteiger partial charge in [0.05, 0.1) is 13.7 Å². The van der Waals surface area contributed by atoms with Crippen molar-refractivity contribution < 1.29 is 19.0 Å². The maximum Gasteiger partial charge on any atom is 0.220 e. The number of ether oxygens (including phenoxy) is 1. The van der Waals surface area contributed by atoms with E-state index in [0.29, 0.717) is 13.0 Å². The van der Waals surface area contributed by atoms with Gasteiger partial charge in [0.2, 0.25) is 5.91 Å². The van der Waals surface area contributed by atoms with Crippen LogP contribution in [0.25, 0.3) is 0 Å². The zero-order chi connectivity index (χ0) is 18.2. The van der Waals surface area contributed by atoms with Gasteiger partial charge in [0, 0.05) is 18.5 Å². The van der Waals surface area contributed by atoms with Crippen molar-refractivity contribution in [2.24, 2.45) is 0 Å². The summed E-state index contributed by atoms with van der Waals surface area (Å²) in [4.78, 5) is 12.2. The fourth-order valence-corrected chi connectivity index (χ4v) is 2.73. The lowest BCUT2D eigenvalue weighted by atomic mass is 9.93. The summed E-state index contributed by atoms with van der Waals surface area (Å²) < 4.78 is 18.5. The molecule has 4 nitrogen and oxygen atoms in total. The van der Waals surface area contributed by atoms with Crippen LogP contribution < -0.4 is 10.1 Å². The number of amides is 1. The number of carbonyl (C=O) groups is 1. The quantitative estimate of drug-likeness (QED) is 0.769. The summed E-state index contributed by atoms with van der Waals surface area (Å²) in [6.07, 6.45) is 1.24. The lowest BCUT2D eigenvalue weighted by Gasteiger charge is -2.16. The predicted molar refractivity (Wildman–Crippen MR) is 94.8 cm³/mol. The first-order valence-electron chi connectivity index (χ1n) is 8.36. The average molecular weight is 345 g/mol. The zero-order valence-corrected chi connectivity index (χ0v) is 14.6. The van der Waals surface area contributed by atoms with Gasteiger partial charge in [0.1, 0.15) is 11.6 Å². The number of carbonyl (C=O) groups excluding carboxylic acids is 1. The highest BCUT2D eigenvalue weighted by atomic mass is 19.1. The summed E-state index contributed by atoms with van der Waals surface area (Å²) in [5.41, 5.74) is 2.09. The maximum atomic E-state index is 13.4. The minimum Gasteiger partial charge on any atom is -0.497 e. The first-order valence-corrected chi connectivity index (χ1v) is 8.36. The van der Waals surface area contributed by atoms with Crippen molar-refractivity contribution in [3.8, 4) is 5.75 Å². The molecule has 0 radical (unpaired) electrons. The normalized spacial score (nSPS) is 11.8. The Labute approximate surface area is 147 Å². The molecule has 2 aromatic rings. The van der Waals surface area contributed by atoms with E-state index >= 15 is 0 Å². The van der Waals surface area contributed by atoms with Crippen molar-refractivity contribution in [1.29, 1.82) is 0 Å². The van der Waals surface area contributed by atoms with Crippen LogP contribution >= 0.6 is 0 Å². The lowest BCUT2D eigenvalue weighted by molar-refractivity contribution is -0.121. The molecule has 5 heteroatoms. The van der Waals surface area contributed by atoms with Crippen LogP contribution in [0.15, 0.2) is 42.5 Å². The van der Waals surface area contributed by atoms with E-state index in [4.69, 9.17) is 9.84 Å². The van der Waals surface area contributed by atoms with Crippen LogP contribution in [0.1, 0.15) is 42.4 Å². The van der Waals surface area contributed by atoms with Gasteiger partial charge >= 0.3 is 0 Å². The number of benzene rings is 2. The molecule has 2 aromatic carbocycles. The molecular formula is C20H24FNO3. The summed E-state index contributed by atoms with van der Waals surface area (Å²) in [6.45, 7) is 2.00. The molecule has 0 aliphatic rings. The molecule has 0 fully saturated rings. The molecule has 0 saturated carbocycles. The fraction of sp³-hybridized carbons (Fsp3) is 0.350. The van der Waals surface area contributed by atoms with E-state index in [-0.39, 0.29) is 24.0 Å². The fourth-order valence-electron chi connectivity index (χ4n) is 2.73. The van der Waals surface area contributed by atoms with Crippen LogP contribution in [0.3, 0.4) is 0 Å². The van der Waals surface area contributed by atoms with Crippen LogP contribution in [0.5, 0.6) is 5.75 Å². The number of aliphatic hydroxyl groups is 1. The van der Waals surface area contributed by atoms with E-state index in [1.165, 1.54) is 6.07 Å². The van der Waals surface area contributed by atoms with Crippen LogP contribution in [0, 0.1) is 5.82 Å². The number of rotatable bonds is 8. The van der Waals surface area contributed by atoms with E-state index < -0.39 is 5.82 Å². The topological polar surface area (TPSA) is 58.6 Å². The SMILES string of the molecule is CCC(CC(=O)NCc1ccc(F)c(CO)c1)c1ccc(OC)cc1. The van der Waals surface area contributed by atoms with Gasteiger partial charge in [-0.05, 0) is 47.7 Å². The number of methoxy groups -OCH3 is 1. The van der Waals surface area contributed by atoms with Gasteiger partial charge in [0.15, 0.2) is 0 Å². The summed E-state index contributed by atoms with van der Waals surface area (Å²) in [7, 11) is 1.62. The Morgan fingerprint density at radius 3 is 2.56 bits per heavy atom. The molecule has 0 aliphatic carbocycles. The van der Waals surface area contributed by atoms with Gasteiger partial charge in [-0.1, -0.05) is 25.1 Å². The van der Waals surface area contributed by atoms with E-state index in [1.807, 2.05) is 24.3 Å². The zero-order valence-electron chi connectivity index (χ0n) is 14.6. The van der Waals surface area contributed by atoms with Crippen molar-refractivity contribution in [2.45, 2.75) is 38.8 Å². The molecule has 134 valence electrons. The van der Waals surface area contributed by atoms with Crippen LogP contribution in [-0.2, 0) is 17.9 Å². The van der Waals surface area contributed by atoms with Gasteiger partial charge < -0.3 is 15.2 Å². The molecule has 25 heavy (non-hydrogen) atoms. The minimum absolute atomic E-state index is 0.0578. The van der Waals surface area contributed by atoms with Crippen molar-refractivity contribution in [2.75, 3.05) is 7.11 Å². The highest BCUT2D eigenvalue weighted by Crippen LogP contribution is 2.25. The first kappa shape index (κ1) is 18.9. The Hall–Kier alpha value is -2.40. The average Bonchev–Trinajstić information content (AvgIpc) is 2.65. The third-order valence-electron chi connectivity index (χ3n) is 4.28. The largest absolute Gasteiger partial charge is 0.497 e. The third-order valence-corrected chi connectivity index (χ3v) is 4.28. The standard InChI is InChI=1S/C20H24FNO3/c1-3-15(16-5-7-18(25-2)8-6-16)11-20(24)22-12-14-4-9-19(21)17(10-14)13-23/h4-10,15,23H,3,11-13H2,1-2H3,(H,22,24). The van der Waals surface area contributed by atoms with Crippen molar-refractivity contribution >= 4 is 5.91 Å². The lowest BCUT2D eigenvalue weighted by Crippen LogP contribution is -2.24. The summed E-state index contributed by atoms with van der Waals surface area (Å²) in [5.74, 6) is 0.423. The van der Waals surface area contributed by atoms with E-state index in [2.05, 4.69) is 12.2 Å². The molecule has 2 rings (SSSR count). The maximum absolute atomic E-state index is 13.4. The molecular weight excluding hydrogens is 321 g/mol. The van der Waals surface area contributed by atoms with Gasteiger partial charge in [0.25, 0.3) is 0 Å². The van der Waals surface area contributed by atoms with Crippen molar-refractivity contribution in [1.82, 2.24) is 5.32 Å². The number of halogens is 1. The molecule has 0 spiro atoms. The van der Waals surface area contributed by atoms with E-state index in [0.717, 1.165) is 23.3 Å². The molecule has 0 saturated heterocycles. The molecule has 1 amide bonds. The van der Waals surface area contributed by atoms with Crippen molar-refractivity contribution in [3.05, 3.63) is 65.0 Å². The van der Waals surface area contributed by atoms with Gasteiger partial charge in [-0.25, -0.2) is 4.39 Å². The van der Waals surface area contributed by atoms with Crippen LogP contribution in [-0.4, -0.2) is 18.1 Å². The number of hydrogen-bond acceptors (Lipinski definition) is 3. The minimum atomic E-state index is -0.442. The van der Waals surface area contributed by atoms with Gasteiger partial charge in [-0.15, -0.1) is 0 Å². The Balaban J connectivity index is 1.93. The monoisotopic (exact) mass is 345 g/mol. The summed E-state index contributed by atoms with van der Waals surface area (Å²) in [6, 6.07) is 12.2. The molecule has 1 unspecified atom stereocenters. The van der Waals surface area contributed by atoms with Crippen LogP contribution in [0.2, 0.25) is 0 Å². The Bertz CT molecular complexity index is 701. The number of nitrogens with one attached hydrogen (secondary N) is 1. The Kier molecular flexibility index (Phi) is 6.95. The molecule has 0 bridgehead atoms. The van der Waals surface area contributed by atoms with E-state index in [9.17, 15) is 9.18 Å². The number of aliphatic hydroxyl groups excluding tert-OH is 1. The summed E-state index contributed by atoms with van der Waals surface area (Å²) >= 11 is 0. The van der Waals surface area contributed by atoms with Gasteiger partial charge in [-0.2, -0.15) is 0 Å². The van der Waals surface area contributed by atoms with Gasteiger partial charge in [-0.3, -0.25) is 4.79 Å². The summed E-state index contributed by atoms with van der Waals surface area (Å²) in [5, 5.41) is 12.0.